The van der Waals surface area contributed by atoms with Crippen LogP contribution in [0.15, 0.2) is 48.5 Å². The summed E-state index contributed by atoms with van der Waals surface area (Å²) >= 11 is 6.22. The van der Waals surface area contributed by atoms with Gasteiger partial charge in [-0.15, -0.1) is 0 Å². The SMILES string of the molecule is CCOc1ccccc1NC(=O)c1cccc(Cn2nc(C)c(Cl)c2C)c1. The molecule has 0 saturated carbocycles. The normalized spacial score (nSPS) is 10.7. The number of ether oxygens (including phenoxy) is 1. The molecule has 3 rings (SSSR count). The van der Waals surface area contributed by atoms with Gasteiger partial charge in [0, 0.05) is 5.56 Å². The molecule has 0 bridgehead atoms. The second-order valence-corrected chi connectivity index (χ2v) is 6.60. The van der Waals surface area contributed by atoms with Crippen LogP contribution in [-0.2, 0) is 6.54 Å². The van der Waals surface area contributed by atoms with E-state index in [1.807, 2.05) is 67.9 Å². The van der Waals surface area contributed by atoms with E-state index in [0.29, 0.717) is 35.2 Å². The lowest BCUT2D eigenvalue weighted by Crippen LogP contribution is -2.13. The third-order valence-electron chi connectivity index (χ3n) is 4.25. The smallest absolute Gasteiger partial charge is 0.255 e. The molecule has 0 saturated heterocycles. The number of aryl methyl sites for hydroxylation is 1. The summed E-state index contributed by atoms with van der Waals surface area (Å²) in [6.07, 6.45) is 0. The van der Waals surface area contributed by atoms with Crippen molar-refractivity contribution in [3.8, 4) is 5.75 Å². The van der Waals surface area contributed by atoms with E-state index in [9.17, 15) is 4.79 Å². The summed E-state index contributed by atoms with van der Waals surface area (Å²) in [6, 6.07) is 14.9. The summed E-state index contributed by atoms with van der Waals surface area (Å²) in [5.41, 5.74) is 3.92. The Morgan fingerprint density at radius 2 is 1.96 bits per heavy atom. The van der Waals surface area contributed by atoms with E-state index in [0.717, 1.165) is 17.0 Å². The lowest BCUT2D eigenvalue weighted by Gasteiger charge is -2.12. The van der Waals surface area contributed by atoms with Crippen LogP contribution in [0.4, 0.5) is 5.69 Å². The van der Waals surface area contributed by atoms with Gasteiger partial charge in [-0.05, 0) is 50.6 Å². The molecule has 140 valence electrons. The molecule has 1 heterocycles. The van der Waals surface area contributed by atoms with Gasteiger partial charge < -0.3 is 10.1 Å². The summed E-state index contributed by atoms with van der Waals surface area (Å²) in [5, 5.41) is 8.04. The molecule has 0 aliphatic rings. The highest BCUT2D eigenvalue weighted by atomic mass is 35.5. The standard InChI is InChI=1S/C21H22ClN3O2/c1-4-27-19-11-6-5-10-18(19)23-21(26)17-9-7-8-16(12-17)13-25-15(3)20(22)14(2)24-25/h5-12H,4,13H2,1-3H3,(H,23,26). The van der Waals surface area contributed by atoms with Crippen LogP contribution in [0, 0.1) is 13.8 Å². The number of aromatic nitrogens is 2. The maximum absolute atomic E-state index is 12.7. The molecule has 1 amide bonds. The molecule has 6 heteroatoms. The molecule has 0 fully saturated rings. The van der Waals surface area contributed by atoms with Gasteiger partial charge in [0.2, 0.25) is 0 Å². The van der Waals surface area contributed by atoms with Crippen molar-refractivity contribution in [3.63, 3.8) is 0 Å². The van der Waals surface area contributed by atoms with Crippen molar-refractivity contribution in [2.24, 2.45) is 0 Å². The first kappa shape index (κ1) is 19.0. The highest BCUT2D eigenvalue weighted by Crippen LogP contribution is 2.24. The number of halogens is 1. The Morgan fingerprint density at radius 3 is 2.67 bits per heavy atom. The fourth-order valence-electron chi connectivity index (χ4n) is 2.86. The van der Waals surface area contributed by atoms with Crippen molar-refractivity contribution in [2.45, 2.75) is 27.3 Å². The van der Waals surface area contributed by atoms with Gasteiger partial charge in [-0.25, -0.2) is 0 Å². The molecule has 0 spiro atoms. The molecule has 0 atom stereocenters. The number of carbonyl (C=O) groups excluding carboxylic acids is 1. The molecule has 27 heavy (non-hydrogen) atoms. The zero-order valence-electron chi connectivity index (χ0n) is 15.6. The Kier molecular flexibility index (Phi) is 5.81. The monoisotopic (exact) mass is 383 g/mol. The van der Waals surface area contributed by atoms with Crippen LogP contribution >= 0.6 is 11.6 Å². The molecule has 1 aromatic heterocycles. The molecular weight excluding hydrogens is 362 g/mol. The van der Waals surface area contributed by atoms with E-state index in [1.165, 1.54) is 0 Å². The Bertz CT molecular complexity index is 966. The van der Waals surface area contributed by atoms with Gasteiger partial charge >= 0.3 is 0 Å². The van der Waals surface area contributed by atoms with Crippen LogP contribution in [0.1, 0.15) is 34.2 Å². The second-order valence-electron chi connectivity index (χ2n) is 6.23. The van der Waals surface area contributed by atoms with Crippen LogP contribution in [0.3, 0.4) is 0 Å². The minimum atomic E-state index is -0.185. The maximum Gasteiger partial charge on any atom is 0.255 e. The largest absolute Gasteiger partial charge is 0.492 e. The summed E-state index contributed by atoms with van der Waals surface area (Å²) in [4.78, 5) is 12.7. The van der Waals surface area contributed by atoms with Crippen molar-refractivity contribution in [3.05, 3.63) is 76.1 Å². The third-order valence-corrected chi connectivity index (χ3v) is 4.80. The van der Waals surface area contributed by atoms with Crippen LogP contribution in [0.25, 0.3) is 0 Å². The molecule has 1 N–H and O–H groups in total. The average molecular weight is 384 g/mol. The first-order valence-corrected chi connectivity index (χ1v) is 9.19. The van der Waals surface area contributed by atoms with E-state index >= 15 is 0 Å². The minimum absolute atomic E-state index is 0.185. The summed E-state index contributed by atoms with van der Waals surface area (Å²) in [6.45, 7) is 6.81. The summed E-state index contributed by atoms with van der Waals surface area (Å²) < 4.78 is 7.41. The number of amides is 1. The van der Waals surface area contributed by atoms with Gasteiger partial charge in [0.25, 0.3) is 5.91 Å². The van der Waals surface area contributed by atoms with Crippen LogP contribution in [0.5, 0.6) is 5.75 Å². The maximum atomic E-state index is 12.7. The molecule has 0 radical (unpaired) electrons. The number of rotatable bonds is 6. The van der Waals surface area contributed by atoms with Gasteiger partial charge in [0.1, 0.15) is 5.75 Å². The van der Waals surface area contributed by atoms with Crippen molar-refractivity contribution in [1.29, 1.82) is 0 Å². The number of para-hydroxylation sites is 2. The number of carbonyl (C=O) groups is 1. The quantitative estimate of drug-likeness (QED) is 0.661. The lowest BCUT2D eigenvalue weighted by atomic mass is 10.1. The summed E-state index contributed by atoms with van der Waals surface area (Å²) in [5.74, 6) is 0.470. The van der Waals surface area contributed by atoms with E-state index < -0.39 is 0 Å². The number of hydrogen-bond acceptors (Lipinski definition) is 3. The number of nitrogens with zero attached hydrogens (tertiary/aromatic N) is 2. The van der Waals surface area contributed by atoms with Gasteiger partial charge in [-0.3, -0.25) is 9.48 Å². The van der Waals surface area contributed by atoms with Crippen LogP contribution < -0.4 is 10.1 Å². The van der Waals surface area contributed by atoms with Crippen LogP contribution in [-0.4, -0.2) is 22.3 Å². The van der Waals surface area contributed by atoms with Crippen molar-refractivity contribution >= 4 is 23.2 Å². The zero-order chi connectivity index (χ0) is 19.4. The lowest BCUT2D eigenvalue weighted by molar-refractivity contribution is 0.102. The fourth-order valence-corrected chi connectivity index (χ4v) is 2.99. The fraction of sp³-hybridized carbons (Fsp3) is 0.238. The molecule has 2 aromatic carbocycles. The van der Waals surface area contributed by atoms with E-state index in [1.54, 1.807) is 6.07 Å². The first-order valence-electron chi connectivity index (χ1n) is 8.81. The third kappa shape index (κ3) is 4.31. The minimum Gasteiger partial charge on any atom is -0.492 e. The van der Waals surface area contributed by atoms with Gasteiger partial charge in [-0.2, -0.15) is 5.10 Å². The molecular formula is C21H22ClN3O2. The molecule has 0 aliphatic heterocycles. The topological polar surface area (TPSA) is 56.1 Å². The number of anilines is 1. The Balaban J connectivity index is 1.79. The predicted octanol–water partition coefficient (Wildman–Crippen LogP) is 4.85. The van der Waals surface area contributed by atoms with E-state index in [2.05, 4.69) is 10.4 Å². The predicted molar refractivity (Wildman–Crippen MR) is 108 cm³/mol. The molecule has 5 nitrogen and oxygen atoms in total. The van der Waals surface area contributed by atoms with Gasteiger partial charge in [0.05, 0.1) is 35.2 Å². The van der Waals surface area contributed by atoms with Crippen molar-refractivity contribution in [2.75, 3.05) is 11.9 Å². The Hall–Kier alpha value is -2.79. The van der Waals surface area contributed by atoms with Gasteiger partial charge in [0.15, 0.2) is 0 Å². The van der Waals surface area contributed by atoms with Gasteiger partial charge in [-0.1, -0.05) is 35.9 Å². The van der Waals surface area contributed by atoms with Crippen molar-refractivity contribution < 1.29 is 9.53 Å². The van der Waals surface area contributed by atoms with E-state index in [-0.39, 0.29) is 5.91 Å². The highest BCUT2D eigenvalue weighted by molar-refractivity contribution is 6.31. The number of nitrogens with one attached hydrogen (secondary N) is 1. The Labute approximate surface area is 163 Å². The second kappa shape index (κ2) is 8.27. The molecule has 0 unspecified atom stereocenters. The molecule has 3 aromatic rings. The number of benzene rings is 2. The Morgan fingerprint density at radius 1 is 1.19 bits per heavy atom. The first-order chi connectivity index (χ1) is 13.0. The highest BCUT2D eigenvalue weighted by Gasteiger charge is 2.12. The zero-order valence-corrected chi connectivity index (χ0v) is 16.4. The van der Waals surface area contributed by atoms with Crippen LogP contribution in [0.2, 0.25) is 5.02 Å². The van der Waals surface area contributed by atoms with Crippen molar-refractivity contribution in [1.82, 2.24) is 9.78 Å². The average Bonchev–Trinajstić information content (AvgIpc) is 2.90. The van der Waals surface area contributed by atoms with E-state index in [4.69, 9.17) is 16.3 Å². The molecule has 0 aliphatic carbocycles. The summed E-state index contributed by atoms with van der Waals surface area (Å²) in [7, 11) is 0. The number of hydrogen-bond donors (Lipinski definition) is 1.